The third-order valence-corrected chi connectivity index (χ3v) is 8.31. The van der Waals surface area contributed by atoms with E-state index in [0.29, 0.717) is 41.1 Å². The van der Waals surface area contributed by atoms with E-state index in [2.05, 4.69) is 10.3 Å². The van der Waals surface area contributed by atoms with Crippen molar-refractivity contribution >= 4 is 42.6 Å². The second kappa shape index (κ2) is 9.20. The molecule has 2 aromatic carbocycles. The molecule has 1 aliphatic heterocycles. The van der Waals surface area contributed by atoms with E-state index in [1.54, 1.807) is 12.1 Å². The van der Waals surface area contributed by atoms with Crippen molar-refractivity contribution in [3.8, 4) is 11.5 Å². The number of benzene rings is 2. The quantitative estimate of drug-likeness (QED) is 0.559. The van der Waals surface area contributed by atoms with Crippen molar-refractivity contribution in [2.45, 2.75) is 17.7 Å². The Bertz CT molecular complexity index is 1260. The van der Waals surface area contributed by atoms with Gasteiger partial charge in [-0.2, -0.15) is 4.31 Å². The molecule has 176 valence electrons. The molecule has 0 spiro atoms. The van der Waals surface area contributed by atoms with Gasteiger partial charge in [0, 0.05) is 31.1 Å². The molecule has 0 bridgehead atoms. The number of carbonyl (C=O) groups is 1. The van der Waals surface area contributed by atoms with Crippen LogP contribution >= 0.6 is 11.3 Å². The van der Waals surface area contributed by atoms with Crippen molar-refractivity contribution in [2.75, 3.05) is 32.6 Å². The fourth-order valence-corrected chi connectivity index (χ4v) is 6.02. The second-order valence-corrected chi connectivity index (χ2v) is 10.4. The lowest BCUT2D eigenvalue weighted by Crippen LogP contribution is -2.41. The molecule has 1 N–H and O–H groups in total. The van der Waals surface area contributed by atoms with Crippen LogP contribution in [0.5, 0.6) is 11.5 Å². The number of piperidine rings is 1. The first-order chi connectivity index (χ1) is 15.7. The van der Waals surface area contributed by atoms with E-state index in [-0.39, 0.29) is 23.9 Å². The number of rotatable bonds is 6. The number of methoxy groups -OCH3 is 2. The number of fused-ring (bicyclic) bond motifs is 1. The summed E-state index contributed by atoms with van der Waals surface area (Å²) >= 11 is 1.29. The fraction of sp³-hybridized carbons (Fsp3) is 0.333. The van der Waals surface area contributed by atoms with E-state index in [0.717, 1.165) is 16.8 Å². The van der Waals surface area contributed by atoms with E-state index in [9.17, 15) is 22.0 Å². The lowest BCUT2D eigenvalue weighted by Gasteiger charge is -2.30. The maximum Gasteiger partial charge on any atom is 0.243 e. The summed E-state index contributed by atoms with van der Waals surface area (Å²) in [5, 5.41) is 3.22. The maximum absolute atomic E-state index is 13.5. The number of amides is 1. The van der Waals surface area contributed by atoms with Gasteiger partial charge in [-0.1, -0.05) is 11.3 Å². The lowest BCUT2D eigenvalue weighted by molar-refractivity contribution is -0.120. The SMILES string of the molecule is COc1cc2nc(NC(=O)C3CCN(S(=O)(=O)c4ccc(F)c(F)c4)CC3)sc2cc1OC. The number of aromatic nitrogens is 1. The van der Waals surface area contributed by atoms with Gasteiger partial charge in [-0.3, -0.25) is 4.79 Å². The van der Waals surface area contributed by atoms with Crippen molar-refractivity contribution in [2.24, 2.45) is 5.92 Å². The molecule has 33 heavy (non-hydrogen) atoms. The van der Waals surface area contributed by atoms with E-state index < -0.39 is 27.6 Å². The van der Waals surface area contributed by atoms with E-state index in [4.69, 9.17) is 9.47 Å². The smallest absolute Gasteiger partial charge is 0.243 e. The van der Waals surface area contributed by atoms with E-state index in [1.165, 1.54) is 29.9 Å². The number of hydrogen-bond acceptors (Lipinski definition) is 7. The van der Waals surface area contributed by atoms with E-state index >= 15 is 0 Å². The Morgan fingerprint density at radius 3 is 2.39 bits per heavy atom. The minimum atomic E-state index is -3.98. The molecule has 12 heteroatoms. The predicted octanol–water partition coefficient (Wildman–Crippen LogP) is 3.63. The minimum absolute atomic E-state index is 0.0909. The molecule has 0 unspecified atom stereocenters. The standard InChI is InChI=1S/C21H21F2N3O5S2/c1-30-17-10-16-19(11-18(17)31-2)32-21(24-16)25-20(27)12-5-7-26(8-6-12)33(28,29)13-3-4-14(22)15(23)9-13/h3-4,9-12H,5-8H2,1-2H3,(H,24,25,27). The third-order valence-electron chi connectivity index (χ3n) is 5.48. The second-order valence-electron chi connectivity index (χ2n) is 7.44. The highest BCUT2D eigenvalue weighted by Crippen LogP contribution is 2.36. The molecule has 1 aromatic heterocycles. The molecular formula is C21H21F2N3O5S2. The van der Waals surface area contributed by atoms with Gasteiger partial charge in [0.1, 0.15) is 0 Å². The average molecular weight is 498 g/mol. The number of nitrogens with zero attached hydrogens (tertiary/aromatic N) is 2. The lowest BCUT2D eigenvalue weighted by atomic mass is 9.97. The van der Waals surface area contributed by atoms with E-state index in [1.807, 2.05) is 0 Å². The summed E-state index contributed by atoms with van der Waals surface area (Å²) in [6.07, 6.45) is 0.586. The fourth-order valence-electron chi connectivity index (χ4n) is 3.66. The molecular weight excluding hydrogens is 476 g/mol. The summed E-state index contributed by atoms with van der Waals surface area (Å²) in [6, 6.07) is 5.99. The van der Waals surface area contributed by atoms with Crippen LogP contribution in [0, 0.1) is 17.6 Å². The first-order valence-corrected chi connectivity index (χ1v) is 12.3. The molecule has 1 saturated heterocycles. The van der Waals surface area contributed by atoms with Gasteiger partial charge < -0.3 is 14.8 Å². The van der Waals surface area contributed by atoms with Gasteiger partial charge in [-0.15, -0.1) is 0 Å². The van der Waals surface area contributed by atoms with Crippen LogP contribution in [0.25, 0.3) is 10.2 Å². The monoisotopic (exact) mass is 497 g/mol. The number of anilines is 1. The van der Waals surface area contributed by atoms with Gasteiger partial charge in [-0.05, 0) is 31.0 Å². The van der Waals surface area contributed by atoms with Crippen LogP contribution in [0.2, 0.25) is 0 Å². The maximum atomic E-state index is 13.5. The number of carbonyl (C=O) groups excluding carboxylic acids is 1. The molecule has 8 nitrogen and oxygen atoms in total. The van der Waals surface area contributed by atoms with Gasteiger partial charge in [0.05, 0.1) is 29.3 Å². The Kier molecular flexibility index (Phi) is 6.50. The summed E-state index contributed by atoms with van der Waals surface area (Å²) in [4.78, 5) is 16.9. The van der Waals surface area contributed by atoms with Crippen molar-refractivity contribution in [1.82, 2.24) is 9.29 Å². The van der Waals surface area contributed by atoms with Crippen LogP contribution in [0.4, 0.5) is 13.9 Å². The summed E-state index contributed by atoms with van der Waals surface area (Å²) in [7, 11) is -0.919. The molecule has 4 rings (SSSR count). The molecule has 2 heterocycles. The largest absolute Gasteiger partial charge is 0.493 e. The first kappa shape index (κ1) is 23.3. The summed E-state index contributed by atoms with van der Waals surface area (Å²) < 4.78 is 64.6. The number of thiazole rings is 1. The average Bonchev–Trinajstić information content (AvgIpc) is 3.20. The van der Waals surface area contributed by atoms with Gasteiger partial charge >= 0.3 is 0 Å². The van der Waals surface area contributed by atoms with Crippen molar-refractivity contribution in [3.63, 3.8) is 0 Å². The number of halogens is 2. The molecule has 0 radical (unpaired) electrons. The van der Waals surface area contributed by atoms with Gasteiger partial charge in [0.15, 0.2) is 28.3 Å². The Morgan fingerprint density at radius 1 is 1.09 bits per heavy atom. The number of ether oxygens (including phenoxy) is 2. The molecule has 3 aromatic rings. The van der Waals surface area contributed by atoms with Crippen LogP contribution in [-0.2, 0) is 14.8 Å². The van der Waals surface area contributed by atoms with Crippen LogP contribution in [0.15, 0.2) is 35.2 Å². The summed E-state index contributed by atoms with van der Waals surface area (Å²) in [5.41, 5.74) is 0.653. The molecule has 1 aliphatic rings. The van der Waals surface area contributed by atoms with Crippen molar-refractivity contribution in [3.05, 3.63) is 42.0 Å². The molecule has 1 fully saturated rings. The van der Waals surface area contributed by atoms with Gasteiger partial charge in [-0.25, -0.2) is 22.2 Å². The summed E-state index contributed by atoms with van der Waals surface area (Å²) in [5.74, 6) is -1.91. The van der Waals surface area contributed by atoms with Crippen molar-refractivity contribution < 1.29 is 31.5 Å². The predicted molar refractivity (Wildman–Crippen MR) is 119 cm³/mol. The Hall–Kier alpha value is -2.83. The minimum Gasteiger partial charge on any atom is -0.493 e. The zero-order valence-electron chi connectivity index (χ0n) is 17.8. The molecule has 0 aliphatic carbocycles. The highest BCUT2D eigenvalue weighted by Gasteiger charge is 2.33. The topological polar surface area (TPSA) is 97.8 Å². The summed E-state index contributed by atoms with van der Waals surface area (Å²) in [6.45, 7) is 0.182. The first-order valence-electron chi connectivity index (χ1n) is 10.0. The zero-order valence-corrected chi connectivity index (χ0v) is 19.4. The van der Waals surface area contributed by atoms with Gasteiger partial charge in [0.25, 0.3) is 0 Å². The molecule has 0 saturated carbocycles. The van der Waals surface area contributed by atoms with Crippen LogP contribution in [-0.4, -0.2) is 50.9 Å². The van der Waals surface area contributed by atoms with Crippen molar-refractivity contribution in [1.29, 1.82) is 0 Å². The Labute approximate surface area is 193 Å². The molecule has 0 atom stereocenters. The third kappa shape index (κ3) is 4.63. The number of hydrogen-bond donors (Lipinski definition) is 1. The number of sulfonamides is 1. The molecule has 1 amide bonds. The van der Waals surface area contributed by atoms with Crippen LogP contribution in [0.1, 0.15) is 12.8 Å². The number of nitrogens with one attached hydrogen (secondary N) is 1. The van der Waals surface area contributed by atoms with Gasteiger partial charge in [0.2, 0.25) is 15.9 Å². The Balaban J connectivity index is 1.41. The normalized spacial score (nSPS) is 15.5. The highest BCUT2D eigenvalue weighted by molar-refractivity contribution is 7.89. The van der Waals surface area contributed by atoms with Crippen LogP contribution < -0.4 is 14.8 Å². The zero-order chi connectivity index (χ0) is 23.8. The van der Waals surface area contributed by atoms with Crippen LogP contribution in [0.3, 0.4) is 0 Å². The Morgan fingerprint density at radius 2 is 1.76 bits per heavy atom. The highest BCUT2D eigenvalue weighted by atomic mass is 32.2.